The van der Waals surface area contributed by atoms with Gasteiger partial charge in [0, 0.05) is 17.7 Å². The third-order valence-electron chi connectivity index (χ3n) is 7.95. The number of hydrogen-bond donors (Lipinski definition) is 1. The maximum absolute atomic E-state index is 13.9. The fraction of sp³-hybridized carbons (Fsp3) is 0.375. The van der Waals surface area contributed by atoms with Crippen LogP contribution in [-0.4, -0.2) is 42.0 Å². The van der Waals surface area contributed by atoms with Gasteiger partial charge in [-0.05, 0) is 37.6 Å². The Balaban J connectivity index is 1.41. The highest BCUT2D eigenvalue weighted by Gasteiger charge is 2.75. The van der Waals surface area contributed by atoms with Gasteiger partial charge in [0.25, 0.3) is 0 Å². The summed E-state index contributed by atoms with van der Waals surface area (Å²) in [4.78, 5) is 44.1. The molecule has 0 saturated carbocycles. The fourth-order valence-corrected chi connectivity index (χ4v) is 6.75. The lowest BCUT2D eigenvalue weighted by Crippen LogP contribution is -2.54. The number of nitrogens with zero attached hydrogens (tertiary/aromatic N) is 2. The molecule has 5 aliphatic rings. The smallest absolute Gasteiger partial charge is 0.418 e. The third-order valence-corrected chi connectivity index (χ3v) is 7.95. The zero-order chi connectivity index (χ0) is 24.3. The summed E-state index contributed by atoms with van der Waals surface area (Å²) in [6.45, 7) is 0.427. The van der Waals surface area contributed by atoms with E-state index in [0.717, 1.165) is 11.0 Å². The van der Waals surface area contributed by atoms with Crippen LogP contribution in [0.25, 0.3) is 0 Å². The first kappa shape index (κ1) is 20.7. The zero-order valence-electron chi connectivity index (χ0n) is 18.1. The second-order valence-corrected chi connectivity index (χ2v) is 9.40. The van der Waals surface area contributed by atoms with E-state index in [-0.39, 0.29) is 23.7 Å². The summed E-state index contributed by atoms with van der Waals surface area (Å²) in [6.07, 6.45) is -3.46. The fourth-order valence-electron chi connectivity index (χ4n) is 6.75. The van der Waals surface area contributed by atoms with Gasteiger partial charge >= 0.3 is 6.18 Å². The highest BCUT2D eigenvalue weighted by Crippen LogP contribution is 2.61. The normalized spacial score (nSPS) is 30.8. The quantitative estimate of drug-likeness (QED) is 0.626. The van der Waals surface area contributed by atoms with Crippen molar-refractivity contribution in [3.8, 4) is 11.5 Å². The average Bonchev–Trinajstić information content (AvgIpc) is 3.59. The molecule has 5 heterocycles. The number of halogens is 3. The molecule has 2 aromatic carbocycles. The number of nitrogens with one attached hydrogen (secondary N) is 1. The predicted molar refractivity (Wildman–Crippen MR) is 114 cm³/mol. The number of carbonyl (C=O) groups excluding carboxylic acids is 3. The minimum atomic E-state index is -4.69. The van der Waals surface area contributed by atoms with E-state index >= 15 is 0 Å². The summed E-state index contributed by atoms with van der Waals surface area (Å²) in [5, 5.41) is 2.44. The number of alkyl halides is 3. The predicted octanol–water partition coefficient (Wildman–Crippen LogP) is 2.87. The topological polar surface area (TPSA) is 88.2 Å². The lowest BCUT2D eigenvalue weighted by Gasteiger charge is -2.36. The third kappa shape index (κ3) is 2.38. The van der Waals surface area contributed by atoms with E-state index in [1.165, 1.54) is 18.2 Å². The van der Waals surface area contributed by atoms with Crippen LogP contribution < -0.4 is 19.7 Å². The summed E-state index contributed by atoms with van der Waals surface area (Å²) >= 11 is 0. The number of fused-ring (bicyclic) bond motifs is 8. The van der Waals surface area contributed by atoms with Gasteiger partial charge in [-0.25, -0.2) is 4.90 Å². The number of benzene rings is 2. The van der Waals surface area contributed by atoms with Gasteiger partial charge < -0.3 is 14.8 Å². The Morgan fingerprint density at radius 2 is 1.83 bits per heavy atom. The van der Waals surface area contributed by atoms with Crippen molar-refractivity contribution in [1.82, 2.24) is 4.90 Å². The monoisotopic (exact) mass is 485 g/mol. The van der Waals surface area contributed by atoms with Crippen molar-refractivity contribution >= 4 is 29.1 Å². The van der Waals surface area contributed by atoms with E-state index in [1.54, 1.807) is 17.0 Å². The number of para-hydroxylation sites is 1. The van der Waals surface area contributed by atoms with Crippen molar-refractivity contribution < 1.29 is 37.0 Å². The van der Waals surface area contributed by atoms with Crippen LogP contribution in [0.1, 0.15) is 24.0 Å². The average molecular weight is 485 g/mol. The molecule has 7 rings (SSSR count). The van der Waals surface area contributed by atoms with Gasteiger partial charge in [0.2, 0.25) is 24.5 Å². The van der Waals surface area contributed by atoms with Gasteiger partial charge in [-0.1, -0.05) is 12.1 Å². The lowest BCUT2D eigenvalue weighted by atomic mass is 9.75. The largest absolute Gasteiger partial charge is 0.454 e. The molecule has 35 heavy (non-hydrogen) atoms. The van der Waals surface area contributed by atoms with Crippen LogP contribution in [0.15, 0.2) is 36.4 Å². The van der Waals surface area contributed by atoms with E-state index in [0.29, 0.717) is 30.9 Å². The molecule has 0 bridgehead atoms. The molecule has 4 atom stereocenters. The molecular weight excluding hydrogens is 467 g/mol. The van der Waals surface area contributed by atoms with Gasteiger partial charge in [0.05, 0.1) is 28.8 Å². The van der Waals surface area contributed by atoms with Crippen molar-refractivity contribution in [2.24, 2.45) is 11.8 Å². The highest BCUT2D eigenvalue weighted by molar-refractivity contribution is 6.26. The number of amides is 3. The molecule has 180 valence electrons. The van der Waals surface area contributed by atoms with Gasteiger partial charge in [-0.15, -0.1) is 0 Å². The Labute approximate surface area is 196 Å². The molecule has 11 heteroatoms. The molecule has 3 saturated heterocycles. The highest BCUT2D eigenvalue weighted by atomic mass is 19.4. The van der Waals surface area contributed by atoms with Crippen molar-refractivity contribution in [2.75, 3.05) is 23.6 Å². The van der Waals surface area contributed by atoms with Crippen LogP contribution in [0.4, 0.5) is 24.5 Å². The zero-order valence-corrected chi connectivity index (χ0v) is 18.1. The van der Waals surface area contributed by atoms with E-state index in [1.807, 2.05) is 0 Å². The second kappa shape index (κ2) is 6.54. The van der Waals surface area contributed by atoms with Gasteiger partial charge in [0.1, 0.15) is 5.54 Å². The summed E-state index contributed by atoms with van der Waals surface area (Å²) in [5.41, 5.74) is -2.60. The van der Waals surface area contributed by atoms with Crippen molar-refractivity contribution in [2.45, 2.75) is 30.6 Å². The van der Waals surface area contributed by atoms with Gasteiger partial charge in [-0.2, -0.15) is 13.2 Å². The number of rotatable bonds is 1. The summed E-state index contributed by atoms with van der Waals surface area (Å²) in [7, 11) is 0. The van der Waals surface area contributed by atoms with Gasteiger partial charge in [0.15, 0.2) is 11.5 Å². The lowest BCUT2D eigenvalue weighted by molar-refractivity contribution is -0.137. The summed E-state index contributed by atoms with van der Waals surface area (Å²) in [6, 6.07) is 7.88. The molecule has 0 aliphatic carbocycles. The standard InChI is InChI=1S/C24H18F3N3O5/c25-24(26,27)13-4-1-3-12-19(13)28-22(33)23(12)18-17(14-5-2-8-29(14)23)20(31)30(21(18)32)11-6-7-15-16(9-11)35-10-34-15/h1,3-4,6-7,9,14,17-18H,2,5,8,10H2,(H,28,33)/t14-,17-,18-,23+/m1/s1. The number of hydrogen-bond acceptors (Lipinski definition) is 6. The maximum atomic E-state index is 13.9. The minimum absolute atomic E-state index is 0.0184. The first-order valence-corrected chi connectivity index (χ1v) is 11.3. The first-order valence-electron chi connectivity index (χ1n) is 11.3. The summed E-state index contributed by atoms with van der Waals surface area (Å²) < 4.78 is 52.1. The van der Waals surface area contributed by atoms with Crippen LogP contribution in [0.5, 0.6) is 11.5 Å². The Kier molecular flexibility index (Phi) is 3.87. The van der Waals surface area contributed by atoms with Crippen molar-refractivity contribution in [3.05, 3.63) is 47.5 Å². The van der Waals surface area contributed by atoms with E-state index in [2.05, 4.69) is 5.32 Å². The Bertz CT molecular complexity index is 1340. The molecule has 3 amide bonds. The van der Waals surface area contributed by atoms with E-state index < -0.39 is 52.9 Å². The number of anilines is 2. The van der Waals surface area contributed by atoms with E-state index in [9.17, 15) is 27.6 Å². The number of imide groups is 1. The molecule has 8 nitrogen and oxygen atoms in total. The molecule has 0 radical (unpaired) electrons. The van der Waals surface area contributed by atoms with Crippen LogP contribution in [0.2, 0.25) is 0 Å². The molecular formula is C24H18F3N3O5. The van der Waals surface area contributed by atoms with Crippen LogP contribution >= 0.6 is 0 Å². The second-order valence-electron chi connectivity index (χ2n) is 9.40. The number of ether oxygens (including phenoxy) is 2. The minimum Gasteiger partial charge on any atom is -0.454 e. The number of carbonyl (C=O) groups is 3. The van der Waals surface area contributed by atoms with Crippen LogP contribution in [-0.2, 0) is 26.1 Å². The first-order chi connectivity index (χ1) is 16.7. The van der Waals surface area contributed by atoms with Crippen molar-refractivity contribution in [3.63, 3.8) is 0 Å². The Morgan fingerprint density at radius 1 is 1.03 bits per heavy atom. The van der Waals surface area contributed by atoms with E-state index in [4.69, 9.17) is 9.47 Å². The molecule has 0 aromatic heterocycles. The maximum Gasteiger partial charge on any atom is 0.418 e. The molecule has 3 fully saturated rings. The molecule has 1 N–H and O–H groups in total. The molecule has 1 spiro atoms. The Morgan fingerprint density at radius 3 is 2.63 bits per heavy atom. The molecule has 5 aliphatic heterocycles. The van der Waals surface area contributed by atoms with Crippen molar-refractivity contribution in [1.29, 1.82) is 0 Å². The SMILES string of the molecule is O=C1[C@@H]2[C@H]3CCCN3[C@]3(C(=O)Nc4c(C(F)(F)F)cccc43)[C@H]2C(=O)N1c1ccc2c(c1)OCO2. The summed E-state index contributed by atoms with van der Waals surface area (Å²) in [5.74, 6) is -2.88. The molecule has 0 unspecified atom stereocenters. The van der Waals surface area contributed by atoms with Crippen LogP contribution in [0.3, 0.4) is 0 Å². The van der Waals surface area contributed by atoms with Crippen LogP contribution in [0, 0.1) is 11.8 Å². The van der Waals surface area contributed by atoms with Gasteiger partial charge in [-0.3, -0.25) is 19.3 Å². The molecule has 2 aromatic rings. The Hall–Kier alpha value is -3.60.